The van der Waals surface area contributed by atoms with Crippen molar-refractivity contribution >= 4 is 27.3 Å². The number of halogens is 1. The maximum atomic E-state index is 10.6. The third-order valence-corrected chi connectivity index (χ3v) is 8.15. The first-order valence-corrected chi connectivity index (χ1v) is 12.0. The van der Waals surface area contributed by atoms with E-state index in [0.717, 1.165) is 19.3 Å². The van der Waals surface area contributed by atoms with Crippen LogP contribution in [-0.2, 0) is 12.8 Å². The lowest BCUT2D eigenvalue weighted by Gasteiger charge is -2.22. The highest BCUT2D eigenvalue weighted by Crippen LogP contribution is 2.47. The second-order valence-corrected chi connectivity index (χ2v) is 10.1. The average Bonchev–Trinajstić information content (AvgIpc) is 3.37. The van der Waals surface area contributed by atoms with Crippen molar-refractivity contribution in [2.75, 3.05) is 0 Å². The molecule has 144 valence electrons. The van der Waals surface area contributed by atoms with E-state index in [-0.39, 0.29) is 6.10 Å². The van der Waals surface area contributed by atoms with Crippen molar-refractivity contribution in [2.45, 2.75) is 63.9 Å². The van der Waals surface area contributed by atoms with E-state index in [1.807, 2.05) is 11.3 Å². The molecule has 2 aliphatic rings. The van der Waals surface area contributed by atoms with Gasteiger partial charge in [-0.2, -0.15) is 0 Å². The molecule has 1 N–H and O–H groups in total. The molecule has 4 atom stereocenters. The first-order valence-electron chi connectivity index (χ1n) is 10.4. The lowest BCUT2D eigenvalue weighted by Crippen LogP contribution is -2.09. The second kappa shape index (κ2) is 8.63. The fourth-order valence-electron chi connectivity index (χ4n) is 5.02. The number of aryl methyl sites for hydroxylation is 1. The predicted molar refractivity (Wildman–Crippen MR) is 119 cm³/mol. The Morgan fingerprint density at radius 2 is 2.07 bits per heavy atom. The molecular weight excluding hydrogens is 416 g/mol. The zero-order valence-corrected chi connectivity index (χ0v) is 18.4. The van der Waals surface area contributed by atoms with Crippen LogP contribution in [0.4, 0.5) is 0 Å². The minimum atomic E-state index is -0.266. The van der Waals surface area contributed by atoms with Crippen molar-refractivity contribution in [3.63, 3.8) is 0 Å². The van der Waals surface area contributed by atoms with Gasteiger partial charge in [0.25, 0.3) is 0 Å². The van der Waals surface area contributed by atoms with Gasteiger partial charge in [-0.3, -0.25) is 0 Å². The molecule has 0 saturated carbocycles. The standard InChI is InChI=1S/C24H29BrOS/c1-2-5-18-15-19-14-17(9-11-21(19)24(18)26)23-16(10-12-22(23)25)6-3-7-20-8-4-13-27-20/h4,8-9,11-14,16,18,23-24,26H,2-3,5-7,10,15H2,1H3/t16-,18?,23?,24?/m0/s1. The van der Waals surface area contributed by atoms with Gasteiger partial charge in [-0.1, -0.05) is 59.6 Å². The number of hydrogen-bond donors (Lipinski definition) is 1. The molecule has 3 unspecified atom stereocenters. The molecule has 1 heterocycles. The molecule has 2 aromatic rings. The first kappa shape index (κ1) is 19.4. The van der Waals surface area contributed by atoms with Gasteiger partial charge in [0.1, 0.15) is 0 Å². The lowest BCUT2D eigenvalue weighted by atomic mass is 9.84. The van der Waals surface area contributed by atoms with Crippen molar-refractivity contribution in [1.82, 2.24) is 0 Å². The monoisotopic (exact) mass is 444 g/mol. The predicted octanol–water partition coefficient (Wildman–Crippen LogP) is 7.16. The van der Waals surface area contributed by atoms with Crippen LogP contribution in [0.3, 0.4) is 0 Å². The Labute approximate surface area is 175 Å². The molecule has 4 rings (SSSR count). The Balaban J connectivity index is 1.46. The minimum Gasteiger partial charge on any atom is -0.388 e. The van der Waals surface area contributed by atoms with Gasteiger partial charge in [0.2, 0.25) is 0 Å². The Bertz CT molecular complexity index is 795. The summed E-state index contributed by atoms with van der Waals surface area (Å²) in [4.78, 5) is 1.50. The molecule has 1 aromatic carbocycles. The summed E-state index contributed by atoms with van der Waals surface area (Å²) in [6.45, 7) is 2.21. The number of thiophene rings is 1. The van der Waals surface area contributed by atoms with Gasteiger partial charge >= 0.3 is 0 Å². The maximum absolute atomic E-state index is 10.6. The van der Waals surface area contributed by atoms with E-state index in [0.29, 0.717) is 17.8 Å². The van der Waals surface area contributed by atoms with E-state index in [1.54, 1.807) is 0 Å². The smallest absolute Gasteiger partial charge is 0.0824 e. The third-order valence-electron chi connectivity index (χ3n) is 6.40. The van der Waals surface area contributed by atoms with Gasteiger partial charge < -0.3 is 5.11 Å². The van der Waals surface area contributed by atoms with E-state index in [2.05, 4.69) is 64.6 Å². The Morgan fingerprint density at radius 1 is 1.19 bits per heavy atom. The zero-order chi connectivity index (χ0) is 18.8. The Kier molecular flexibility index (Phi) is 6.21. The van der Waals surface area contributed by atoms with Gasteiger partial charge in [-0.15, -0.1) is 11.3 Å². The highest BCUT2D eigenvalue weighted by Gasteiger charge is 2.33. The van der Waals surface area contributed by atoms with Gasteiger partial charge in [-0.05, 0) is 83.0 Å². The normalized spacial score (nSPS) is 27.0. The molecule has 0 fully saturated rings. The van der Waals surface area contributed by atoms with Crippen molar-refractivity contribution in [3.05, 3.63) is 67.8 Å². The molecule has 1 nitrogen and oxygen atoms in total. The van der Waals surface area contributed by atoms with Crippen LogP contribution in [0, 0.1) is 11.8 Å². The second-order valence-electron chi connectivity index (χ2n) is 8.19. The molecule has 0 radical (unpaired) electrons. The molecule has 27 heavy (non-hydrogen) atoms. The summed E-state index contributed by atoms with van der Waals surface area (Å²) in [6.07, 6.45) is 10.3. The van der Waals surface area contributed by atoms with Crippen LogP contribution >= 0.6 is 27.3 Å². The fraction of sp³-hybridized carbons (Fsp3) is 0.500. The van der Waals surface area contributed by atoms with Crippen LogP contribution in [-0.4, -0.2) is 5.11 Å². The molecule has 0 bridgehead atoms. The highest BCUT2D eigenvalue weighted by molar-refractivity contribution is 9.11. The van der Waals surface area contributed by atoms with E-state index >= 15 is 0 Å². The van der Waals surface area contributed by atoms with Crippen molar-refractivity contribution in [3.8, 4) is 0 Å². The fourth-order valence-corrected chi connectivity index (χ4v) is 6.60. The number of aliphatic hydroxyl groups is 1. The summed E-state index contributed by atoms with van der Waals surface area (Å²) in [5.74, 6) is 1.58. The number of allylic oxidation sites excluding steroid dienone is 2. The van der Waals surface area contributed by atoms with Crippen LogP contribution in [0.25, 0.3) is 0 Å². The first-order chi connectivity index (χ1) is 13.2. The molecule has 2 aliphatic carbocycles. The van der Waals surface area contributed by atoms with Crippen LogP contribution in [0.15, 0.2) is 46.3 Å². The van der Waals surface area contributed by atoms with Gasteiger partial charge in [0.05, 0.1) is 6.10 Å². The van der Waals surface area contributed by atoms with Crippen LogP contribution in [0.2, 0.25) is 0 Å². The van der Waals surface area contributed by atoms with Crippen molar-refractivity contribution in [2.24, 2.45) is 11.8 Å². The molecule has 0 aliphatic heterocycles. The summed E-state index contributed by atoms with van der Waals surface area (Å²) < 4.78 is 1.35. The number of rotatable bonds is 7. The summed E-state index contributed by atoms with van der Waals surface area (Å²) in [7, 11) is 0. The van der Waals surface area contributed by atoms with Gasteiger partial charge in [0.15, 0.2) is 0 Å². The summed E-state index contributed by atoms with van der Waals surface area (Å²) in [6, 6.07) is 11.3. The van der Waals surface area contributed by atoms with Crippen LogP contribution < -0.4 is 0 Å². The molecule has 0 spiro atoms. The van der Waals surface area contributed by atoms with Gasteiger partial charge in [-0.25, -0.2) is 0 Å². The molecule has 3 heteroatoms. The Morgan fingerprint density at radius 3 is 2.85 bits per heavy atom. The van der Waals surface area contributed by atoms with E-state index in [4.69, 9.17) is 0 Å². The third kappa shape index (κ3) is 4.11. The quantitative estimate of drug-likeness (QED) is 0.479. The Hall–Kier alpha value is -0.900. The average molecular weight is 445 g/mol. The summed E-state index contributed by atoms with van der Waals surface area (Å²) in [5, 5.41) is 12.8. The summed E-state index contributed by atoms with van der Waals surface area (Å²) in [5.41, 5.74) is 3.98. The minimum absolute atomic E-state index is 0.266. The molecular formula is C24H29BrOS. The topological polar surface area (TPSA) is 20.2 Å². The van der Waals surface area contributed by atoms with Gasteiger partial charge in [0, 0.05) is 10.8 Å². The molecule has 1 aromatic heterocycles. The summed E-state index contributed by atoms with van der Waals surface area (Å²) >= 11 is 5.73. The number of hydrogen-bond acceptors (Lipinski definition) is 2. The van der Waals surface area contributed by atoms with Crippen molar-refractivity contribution in [1.29, 1.82) is 0 Å². The highest BCUT2D eigenvalue weighted by atomic mass is 79.9. The van der Waals surface area contributed by atoms with Crippen LogP contribution in [0.1, 0.15) is 72.6 Å². The van der Waals surface area contributed by atoms with E-state index in [1.165, 1.54) is 51.7 Å². The maximum Gasteiger partial charge on any atom is 0.0824 e. The molecule has 0 saturated heterocycles. The SMILES string of the molecule is CCCC1Cc2cc(C3C(Br)=CC[C@@H]3CCCc3cccs3)ccc2C1O. The number of aliphatic hydroxyl groups excluding tert-OH is 1. The largest absolute Gasteiger partial charge is 0.388 e. The van der Waals surface area contributed by atoms with Crippen molar-refractivity contribution < 1.29 is 5.11 Å². The van der Waals surface area contributed by atoms with Crippen LogP contribution in [0.5, 0.6) is 0 Å². The van der Waals surface area contributed by atoms with E-state index in [9.17, 15) is 5.11 Å². The number of benzene rings is 1. The zero-order valence-electron chi connectivity index (χ0n) is 16.0. The lowest BCUT2D eigenvalue weighted by molar-refractivity contribution is 0.118. The van der Waals surface area contributed by atoms with E-state index < -0.39 is 0 Å². The number of fused-ring (bicyclic) bond motifs is 1. The molecule has 0 amide bonds.